The molecule has 0 saturated carbocycles. The highest BCUT2D eigenvalue weighted by molar-refractivity contribution is 6.29. The van der Waals surface area contributed by atoms with Crippen molar-refractivity contribution in [3.63, 3.8) is 0 Å². The lowest BCUT2D eigenvalue weighted by molar-refractivity contribution is -0.181. The van der Waals surface area contributed by atoms with Crippen LogP contribution in [0.5, 0.6) is 0 Å². The number of hydrogen-bond acceptors (Lipinski definition) is 6. The van der Waals surface area contributed by atoms with Gasteiger partial charge in [-0.1, -0.05) is 0 Å². The van der Waals surface area contributed by atoms with E-state index in [-0.39, 0.29) is 13.6 Å². The van der Waals surface area contributed by atoms with Gasteiger partial charge in [0.05, 0.1) is 0 Å². The van der Waals surface area contributed by atoms with Gasteiger partial charge in [-0.25, -0.2) is 9.59 Å². The average Bonchev–Trinajstić information content (AvgIpc) is 2.18. The van der Waals surface area contributed by atoms with E-state index in [4.69, 9.17) is 9.47 Å². The van der Waals surface area contributed by atoms with Gasteiger partial charge in [-0.05, 0) is 13.8 Å². The fourth-order valence-corrected chi connectivity index (χ4v) is 0.475. The van der Waals surface area contributed by atoms with Gasteiger partial charge in [0.15, 0.2) is 13.6 Å². The van der Waals surface area contributed by atoms with Crippen LogP contribution in [-0.2, 0) is 28.5 Å². The molecule has 0 aliphatic heterocycles. The third-order valence-electron chi connectivity index (χ3n) is 1.12. The minimum absolute atomic E-state index is 0.251. The summed E-state index contributed by atoms with van der Waals surface area (Å²) >= 11 is 0. The van der Waals surface area contributed by atoms with E-state index in [1.807, 2.05) is 0 Å². The van der Waals surface area contributed by atoms with E-state index < -0.39 is 11.9 Å². The minimum Gasteiger partial charge on any atom is -0.430 e. The van der Waals surface area contributed by atoms with Crippen molar-refractivity contribution in [2.24, 2.45) is 0 Å². The highest BCUT2D eigenvalue weighted by atomic mass is 16.7. The SMILES string of the molecule is CCOCOC(=O)C(=O)OCOCC. The van der Waals surface area contributed by atoms with E-state index in [0.717, 1.165) is 0 Å². The zero-order valence-corrected chi connectivity index (χ0v) is 8.28. The van der Waals surface area contributed by atoms with Crippen LogP contribution in [0.2, 0.25) is 0 Å². The Labute approximate surface area is 82.1 Å². The monoisotopic (exact) mass is 206 g/mol. The van der Waals surface area contributed by atoms with Crippen LogP contribution in [0.1, 0.15) is 13.8 Å². The molecule has 0 aromatic rings. The van der Waals surface area contributed by atoms with E-state index >= 15 is 0 Å². The molecule has 0 saturated heterocycles. The molecular weight excluding hydrogens is 192 g/mol. The molecule has 0 spiro atoms. The summed E-state index contributed by atoms with van der Waals surface area (Å²) in [6.07, 6.45) is 0. The van der Waals surface area contributed by atoms with Gasteiger partial charge < -0.3 is 18.9 Å². The quantitative estimate of drug-likeness (QED) is 0.265. The number of ether oxygens (including phenoxy) is 4. The molecule has 0 N–H and O–H groups in total. The highest BCUT2D eigenvalue weighted by Gasteiger charge is 2.16. The number of esters is 2. The summed E-state index contributed by atoms with van der Waals surface area (Å²) in [6, 6.07) is 0. The zero-order valence-electron chi connectivity index (χ0n) is 8.28. The van der Waals surface area contributed by atoms with E-state index in [9.17, 15) is 9.59 Å². The molecule has 6 nitrogen and oxygen atoms in total. The van der Waals surface area contributed by atoms with Crippen LogP contribution >= 0.6 is 0 Å². The number of carbonyl (C=O) groups is 2. The van der Waals surface area contributed by atoms with E-state index in [1.54, 1.807) is 13.8 Å². The van der Waals surface area contributed by atoms with Crippen LogP contribution in [0.4, 0.5) is 0 Å². The fourth-order valence-electron chi connectivity index (χ4n) is 0.475. The Morgan fingerprint density at radius 2 is 1.21 bits per heavy atom. The number of rotatable bonds is 6. The predicted molar refractivity (Wildman–Crippen MR) is 45.2 cm³/mol. The Kier molecular flexibility index (Phi) is 7.77. The van der Waals surface area contributed by atoms with Crippen molar-refractivity contribution in [2.75, 3.05) is 26.8 Å². The Balaban J connectivity index is 3.50. The maximum absolute atomic E-state index is 10.8. The fraction of sp³-hybridized carbons (Fsp3) is 0.750. The molecule has 0 unspecified atom stereocenters. The zero-order chi connectivity index (χ0) is 10.8. The molecule has 0 amide bonds. The van der Waals surface area contributed by atoms with Gasteiger partial charge in [0.2, 0.25) is 0 Å². The van der Waals surface area contributed by atoms with Gasteiger partial charge in [0, 0.05) is 13.2 Å². The van der Waals surface area contributed by atoms with Crippen LogP contribution in [0.25, 0.3) is 0 Å². The summed E-state index contributed by atoms with van der Waals surface area (Å²) in [5.41, 5.74) is 0. The largest absolute Gasteiger partial charge is 0.430 e. The first-order chi connectivity index (χ1) is 6.72. The summed E-state index contributed by atoms with van der Waals surface area (Å²) in [5, 5.41) is 0. The van der Waals surface area contributed by atoms with Crippen molar-refractivity contribution in [2.45, 2.75) is 13.8 Å². The lowest BCUT2D eigenvalue weighted by Crippen LogP contribution is -2.22. The van der Waals surface area contributed by atoms with Gasteiger partial charge in [-0.3, -0.25) is 0 Å². The number of hydrogen-bond donors (Lipinski definition) is 0. The second kappa shape index (κ2) is 8.46. The van der Waals surface area contributed by atoms with Crippen LogP contribution in [0, 0.1) is 0 Å². The number of carbonyl (C=O) groups excluding carboxylic acids is 2. The summed E-state index contributed by atoms with van der Waals surface area (Å²) in [4.78, 5) is 21.6. The molecule has 0 aromatic heterocycles. The van der Waals surface area contributed by atoms with E-state index in [1.165, 1.54) is 0 Å². The third kappa shape index (κ3) is 6.38. The first-order valence-corrected chi connectivity index (χ1v) is 4.21. The van der Waals surface area contributed by atoms with Crippen LogP contribution in [0.15, 0.2) is 0 Å². The van der Waals surface area contributed by atoms with Crippen LogP contribution < -0.4 is 0 Å². The van der Waals surface area contributed by atoms with Crippen molar-refractivity contribution >= 4 is 11.9 Å². The molecule has 6 heteroatoms. The lowest BCUT2D eigenvalue weighted by atomic mass is 10.7. The first kappa shape index (κ1) is 12.9. The first-order valence-electron chi connectivity index (χ1n) is 4.21. The predicted octanol–water partition coefficient (Wildman–Crippen LogP) is 0.0608. The molecular formula is C8H14O6. The Morgan fingerprint density at radius 3 is 1.50 bits per heavy atom. The molecule has 0 heterocycles. The molecule has 0 radical (unpaired) electrons. The van der Waals surface area contributed by atoms with Crippen LogP contribution in [-0.4, -0.2) is 38.7 Å². The molecule has 0 fully saturated rings. The van der Waals surface area contributed by atoms with Crippen molar-refractivity contribution in [3.05, 3.63) is 0 Å². The summed E-state index contributed by atoms with van der Waals surface area (Å²) in [7, 11) is 0. The second-order valence-electron chi connectivity index (χ2n) is 2.08. The van der Waals surface area contributed by atoms with E-state index in [2.05, 4.69) is 9.47 Å². The van der Waals surface area contributed by atoms with Crippen molar-refractivity contribution in [1.82, 2.24) is 0 Å². The topological polar surface area (TPSA) is 71.1 Å². The van der Waals surface area contributed by atoms with Crippen molar-refractivity contribution in [3.8, 4) is 0 Å². The highest BCUT2D eigenvalue weighted by Crippen LogP contribution is 1.86. The van der Waals surface area contributed by atoms with Gasteiger partial charge in [-0.2, -0.15) is 0 Å². The second-order valence-corrected chi connectivity index (χ2v) is 2.08. The molecule has 0 aliphatic rings. The van der Waals surface area contributed by atoms with Crippen molar-refractivity contribution in [1.29, 1.82) is 0 Å². The standard InChI is InChI=1S/C8H14O6/c1-3-11-5-13-7(9)8(10)14-6-12-4-2/h3-6H2,1-2H3. The summed E-state index contributed by atoms with van der Waals surface area (Å²) < 4.78 is 18.2. The summed E-state index contributed by atoms with van der Waals surface area (Å²) in [5.74, 6) is -2.17. The maximum Gasteiger partial charge on any atom is 0.419 e. The van der Waals surface area contributed by atoms with Crippen molar-refractivity contribution < 1.29 is 28.5 Å². The molecule has 0 bridgehead atoms. The average molecular weight is 206 g/mol. The third-order valence-corrected chi connectivity index (χ3v) is 1.12. The minimum atomic E-state index is -1.09. The van der Waals surface area contributed by atoms with Gasteiger partial charge in [-0.15, -0.1) is 0 Å². The Bertz CT molecular complexity index is 159. The lowest BCUT2D eigenvalue weighted by Gasteiger charge is -2.04. The smallest absolute Gasteiger partial charge is 0.419 e. The normalized spacial score (nSPS) is 9.57. The molecule has 0 aliphatic carbocycles. The molecule has 82 valence electrons. The van der Waals surface area contributed by atoms with Crippen LogP contribution in [0.3, 0.4) is 0 Å². The molecule has 0 atom stereocenters. The van der Waals surface area contributed by atoms with Gasteiger partial charge in [0.25, 0.3) is 0 Å². The molecule has 0 aromatic carbocycles. The van der Waals surface area contributed by atoms with Gasteiger partial charge in [0.1, 0.15) is 0 Å². The van der Waals surface area contributed by atoms with Gasteiger partial charge >= 0.3 is 11.9 Å². The Morgan fingerprint density at radius 1 is 0.857 bits per heavy atom. The molecule has 0 rings (SSSR count). The summed E-state index contributed by atoms with van der Waals surface area (Å²) in [6.45, 7) is 3.78. The maximum atomic E-state index is 10.8. The molecule has 14 heavy (non-hydrogen) atoms. The van der Waals surface area contributed by atoms with E-state index in [0.29, 0.717) is 13.2 Å². The Hall–Kier alpha value is -1.14.